The molecule has 3 nitrogen and oxygen atoms in total. The number of alkyl halides is 5. The summed E-state index contributed by atoms with van der Waals surface area (Å²) in [5, 5.41) is 2.75. The molecule has 0 atom stereocenters. The number of hydrogen-bond acceptors (Lipinski definition) is 3. The molecule has 0 radical (unpaired) electrons. The first-order chi connectivity index (χ1) is 11.5. The van der Waals surface area contributed by atoms with Gasteiger partial charge in [-0.15, -0.1) is 0 Å². The van der Waals surface area contributed by atoms with E-state index in [1.165, 1.54) is 12.1 Å². The molecule has 1 aromatic carbocycles. The van der Waals surface area contributed by atoms with Gasteiger partial charge in [0.05, 0.1) is 12.2 Å². The van der Waals surface area contributed by atoms with Crippen molar-refractivity contribution in [3.05, 3.63) is 47.7 Å². The Morgan fingerprint density at radius 3 is 2.20 bits per heavy atom. The van der Waals surface area contributed by atoms with Crippen molar-refractivity contribution >= 4 is 11.5 Å². The summed E-state index contributed by atoms with van der Waals surface area (Å²) in [6, 6.07) is 4.89. The third-order valence-electron chi connectivity index (χ3n) is 4.28. The number of aliphatic imine (C=N–C) groups is 2. The number of hydrogen-bond donors (Lipinski definition) is 1. The highest BCUT2D eigenvalue weighted by Crippen LogP contribution is 2.40. The quantitative estimate of drug-likeness (QED) is 0.788. The fraction of sp³-hybridized carbons (Fsp3) is 0.412. The summed E-state index contributed by atoms with van der Waals surface area (Å²) in [5.74, 6) is -3.40. The van der Waals surface area contributed by atoms with Crippen LogP contribution in [-0.4, -0.2) is 29.8 Å². The van der Waals surface area contributed by atoms with Gasteiger partial charge >= 0.3 is 12.1 Å². The van der Waals surface area contributed by atoms with Gasteiger partial charge in [0.25, 0.3) is 0 Å². The number of benzene rings is 1. The van der Waals surface area contributed by atoms with E-state index >= 15 is 0 Å². The van der Waals surface area contributed by atoms with E-state index in [4.69, 9.17) is 0 Å². The van der Waals surface area contributed by atoms with Gasteiger partial charge in [0.1, 0.15) is 5.71 Å². The molecule has 1 aliphatic carbocycles. The topological polar surface area (TPSA) is 36.8 Å². The molecular weight excluding hydrogens is 341 g/mol. The van der Waals surface area contributed by atoms with E-state index in [-0.39, 0.29) is 22.5 Å². The van der Waals surface area contributed by atoms with Crippen molar-refractivity contribution in [3.8, 4) is 0 Å². The van der Waals surface area contributed by atoms with Crippen LogP contribution in [0.3, 0.4) is 0 Å². The molecule has 0 spiro atoms. The Bertz CT molecular complexity index is 755. The zero-order chi connectivity index (χ0) is 18.5. The normalized spacial score (nSPS) is 19.3. The number of amidine groups is 1. The summed E-state index contributed by atoms with van der Waals surface area (Å²) < 4.78 is 66.7. The maximum absolute atomic E-state index is 14.5. The zero-order valence-corrected chi connectivity index (χ0v) is 13.4. The molecule has 1 N–H and O–H groups in total. The molecule has 134 valence electrons. The van der Waals surface area contributed by atoms with Crippen LogP contribution in [0.15, 0.2) is 46.5 Å². The summed E-state index contributed by atoms with van der Waals surface area (Å²) in [7, 11) is 0. The Kier molecular flexibility index (Phi) is 3.96. The largest absolute Gasteiger partial charge is 0.431 e. The Balaban J connectivity index is 1.76. The standard InChI is InChI=1S/C17H16F5N3/c1-10(25-15(2)7-8-15)16(18,19)12-5-3-11(4-6-12)14-23-9-13(24-14)17(20,21)22/h3-6,25H,1,7-9H2,2H3. The highest BCUT2D eigenvalue weighted by molar-refractivity contribution is 6.13. The van der Waals surface area contributed by atoms with Crippen molar-refractivity contribution in [1.82, 2.24) is 5.32 Å². The number of allylic oxidation sites excluding steroid dienone is 1. The van der Waals surface area contributed by atoms with E-state index in [9.17, 15) is 22.0 Å². The molecule has 0 bridgehead atoms. The van der Waals surface area contributed by atoms with E-state index in [2.05, 4.69) is 21.9 Å². The summed E-state index contributed by atoms with van der Waals surface area (Å²) in [5.41, 5.74) is -1.76. The molecule has 25 heavy (non-hydrogen) atoms. The fourth-order valence-electron chi connectivity index (χ4n) is 2.42. The minimum atomic E-state index is -4.54. The molecule has 0 amide bonds. The second-order valence-corrected chi connectivity index (χ2v) is 6.51. The zero-order valence-electron chi connectivity index (χ0n) is 13.4. The van der Waals surface area contributed by atoms with Crippen LogP contribution in [0.4, 0.5) is 22.0 Å². The van der Waals surface area contributed by atoms with Gasteiger partial charge in [-0.05, 0) is 19.8 Å². The van der Waals surface area contributed by atoms with Gasteiger partial charge in [-0.25, -0.2) is 4.99 Å². The van der Waals surface area contributed by atoms with Crippen molar-refractivity contribution in [2.24, 2.45) is 9.98 Å². The second kappa shape index (κ2) is 5.64. The summed E-state index contributed by atoms with van der Waals surface area (Å²) in [4.78, 5) is 7.15. The smallest absolute Gasteiger partial charge is 0.379 e. The third kappa shape index (κ3) is 3.57. The Hall–Kier alpha value is -2.25. The molecule has 3 rings (SSSR count). The lowest BCUT2D eigenvalue weighted by Crippen LogP contribution is -2.34. The van der Waals surface area contributed by atoms with Crippen molar-refractivity contribution in [3.63, 3.8) is 0 Å². The monoisotopic (exact) mass is 357 g/mol. The van der Waals surface area contributed by atoms with E-state index in [0.717, 1.165) is 25.0 Å². The average molecular weight is 357 g/mol. The van der Waals surface area contributed by atoms with Crippen LogP contribution in [0, 0.1) is 0 Å². The van der Waals surface area contributed by atoms with Crippen LogP contribution in [0.1, 0.15) is 30.9 Å². The fourth-order valence-corrected chi connectivity index (χ4v) is 2.42. The number of rotatable bonds is 5. The van der Waals surface area contributed by atoms with Crippen LogP contribution < -0.4 is 5.32 Å². The SMILES string of the molecule is C=C(NC1(C)CC1)C(F)(F)c1ccc(C2=NCC(C(F)(F)F)=N2)cc1. The molecule has 0 saturated heterocycles. The van der Waals surface area contributed by atoms with Gasteiger partial charge < -0.3 is 5.32 Å². The van der Waals surface area contributed by atoms with Crippen LogP contribution in [0.2, 0.25) is 0 Å². The highest BCUT2D eigenvalue weighted by atomic mass is 19.4. The van der Waals surface area contributed by atoms with Crippen LogP contribution in [-0.2, 0) is 5.92 Å². The maximum Gasteiger partial charge on any atom is 0.431 e. The first kappa shape index (κ1) is 17.6. The maximum atomic E-state index is 14.5. The van der Waals surface area contributed by atoms with Gasteiger partial charge in [-0.3, -0.25) is 4.99 Å². The first-order valence-corrected chi connectivity index (χ1v) is 7.67. The first-order valence-electron chi connectivity index (χ1n) is 7.67. The van der Waals surface area contributed by atoms with Crippen molar-refractivity contribution in [1.29, 1.82) is 0 Å². The van der Waals surface area contributed by atoms with E-state index < -0.39 is 30.1 Å². The number of nitrogens with zero attached hydrogens (tertiary/aromatic N) is 2. The lowest BCUT2D eigenvalue weighted by Gasteiger charge is -2.24. The minimum Gasteiger partial charge on any atom is -0.379 e. The number of nitrogens with one attached hydrogen (secondary N) is 1. The molecular formula is C17H16F5N3. The predicted molar refractivity (Wildman–Crippen MR) is 85.1 cm³/mol. The van der Waals surface area contributed by atoms with Gasteiger partial charge in [-0.2, -0.15) is 22.0 Å². The minimum absolute atomic E-state index is 0.107. The Morgan fingerprint density at radius 1 is 1.12 bits per heavy atom. The van der Waals surface area contributed by atoms with E-state index in [0.29, 0.717) is 0 Å². The lowest BCUT2D eigenvalue weighted by molar-refractivity contribution is -0.0592. The van der Waals surface area contributed by atoms with Crippen molar-refractivity contribution < 1.29 is 22.0 Å². The molecule has 1 aromatic rings. The van der Waals surface area contributed by atoms with Gasteiger partial charge in [0.15, 0.2) is 5.84 Å². The number of halogens is 5. The van der Waals surface area contributed by atoms with Crippen molar-refractivity contribution in [2.45, 2.75) is 37.4 Å². The summed E-state index contributed by atoms with van der Waals surface area (Å²) in [6.45, 7) is 4.71. The van der Waals surface area contributed by atoms with Crippen LogP contribution in [0.25, 0.3) is 0 Å². The van der Waals surface area contributed by atoms with E-state index in [1.807, 2.05) is 6.92 Å². The third-order valence-corrected chi connectivity index (χ3v) is 4.28. The average Bonchev–Trinajstić information content (AvgIpc) is 3.05. The van der Waals surface area contributed by atoms with E-state index in [1.54, 1.807) is 0 Å². The molecule has 0 unspecified atom stereocenters. The molecule has 0 aromatic heterocycles. The molecule has 1 saturated carbocycles. The van der Waals surface area contributed by atoms with Crippen molar-refractivity contribution in [2.75, 3.05) is 6.54 Å². The summed E-state index contributed by atoms with van der Waals surface area (Å²) >= 11 is 0. The van der Waals surface area contributed by atoms with Gasteiger partial charge in [-0.1, -0.05) is 30.8 Å². The molecule has 1 heterocycles. The molecule has 1 fully saturated rings. The Labute approximate surface area is 141 Å². The predicted octanol–water partition coefficient (Wildman–Crippen LogP) is 4.20. The van der Waals surface area contributed by atoms with Crippen LogP contribution in [0.5, 0.6) is 0 Å². The van der Waals surface area contributed by atoms with Gasteiger partial charge in [0, 0.05) is 16.7 Å². The molecule has 2 aliphatic rings. The molecule has 8 heteroatoms. The lowest BCUT2D eigenvalue weighted by atomic mass is 10.0. The highest BCUT2D eigenvalue weighted by Gasteiger charge is 2.44. The second-order valence-electron chi connectivity index (χ2n) is 6.51. The van der Waals surface area contributed by atoms with Crippen LogP contribution >= 0.6 is 0 Å². The van der Waals surface area contributed by atoms with Gasteiger partial charge in [0.2, 0.25) is 0 Å². The Morgan fingerprint density at radius 2 is 1.72 bits per heavy atom. The summed E-state index contributed by atoms with van der Waals surface area (Å²) in [6.07, 6.45) is -2.93. The molecule has 1 aliphatic heterocycles.